The van der Waals surface area contributed by atoms with Crippen LogP contribution in [0.25, 0.3) is 0 Å². The molecule has 0 radical (unpaired) electrons. The normalized spacial score (nSPS) is 16.5. The Bertz CT molecular complexity index is 809. The van der Waals surface area contributed by atoms with E-state index in [1.54, 1.807) is 0 Å². The van der Waals surface area contributed by atoms with E-state index in [1.807, 2.05) is 19.1 Å². The van der Waals surface area contributed by atoms with Crippen LogP contribution in [0.1, 0.15) is 45.1 Å². The smallest absolute Gasteiger partial charge is 0.310 e. The van der Waals surface area contributed by atoms with Gasteiger partial charge in [0.05, 0.1) is 12.5 Å². The van der Waals surface area contributed by atoms with Gasteiger partial charge in [0.25, 0.3) is 0 Å². The molecule has 1 aromatic carbocycles. The van der Waals surface area contributed by atoms with Crippen LogP contribution in [-0.4, -0.2) is 35.6 Å². The Kier molecular flexibility index (Phi) is 7.27. The summed E-state index contributed by atoms with van der Waals surface area (Å²) in [4.78, 5) is 22.9. The largest absolute Gasteiger partial charge is 0.466 e. The van der Waals surface area contributed by atoms with Crippen LogP contribution in [0.3, 0.4) is 0 Å². The predicted octanol–water partition coefficient (Wildman–Crippen LogP) is 3.92. The first-order valence-corrected chi connectivity index (χ1v) is 10.5. The van der Waals surface area contributed by atoms with Crippen LogP contribution in [-0.2, 0) is 16.0 Å². The highest BCUT2D eigenvalue weighted by Gasteiger charge is 2.29. The summed E-state index contributed by atoms with van der Waals surface area (Å²) in [5, 5.41) is 3.29. The van der Waals surface area contributed by atoms with Crippen LogP contribution >= 0.6 is 0 Å². The molecule has 1 atom stereocenters. The van der Waals surface area contributed by atoms with Crippen LogP contribution in [0.5, 0.6) is 0 Å². The van der Waals surface area contributed by atoms with Crippen LogP contribution in [0.2, 0.25) is 0 Å². The minimum absolute atomic E-state index is 0.147. The Labute approximate surface area is 172 Å². The summed E-state index contributed by atoms with van der Waals surface area (Å²) in [6, 6.07) is 8.35. The Hall–Kier alpha value is -2.83. The van der Waals surface area contributed by atoms with E-state index in [-0.39, 0.29) is 11.9 Å². The second-order valence-corrected chi connectivity index (χ2v) is 7.42. The fourth-order valence-electron chi connectivity index (χ4n) is 3.63. The maximum atomic E-state index is 12.1. The molecule has 0 saturated carbocycles. The Morgan fingerprint density at radius 3 is 2.79 bits per heavy atom. The number of benzene rings is 1. The average Bonchev–Trinajstić information content (AvgIpc) is 2.75. The van der Waals surface area contributed by atoms with E-state index in [1.165, 1.54) is 24.7 Å². The lowest BCUT2D eigenvalue weighted by molar-refractivity contribution is -0.148. The van der Waals surface area contributed by atoms with Crippen molar-refractivity contribution in [2.75, 3.05) is 35.6 Å². The molecule has 3 rings (SSSR count). The summed E-state index contributed by atoms with van der Waals surface area (Å²) < 4.78 is 5.19. The minimum atomic E-state index is -0.148. The van der Waals surface area contributed by atoms with E-state index in [9.17, 15) is 4.79 Å². The lowest BCUT2D eigenvalue weighted by atomic mass is 9.98. The van der Waals surface area contributed by atoms with E-state index in [0.29, 0.717) is 30.5 Å². The van der Waals surface area contributed by atoms with Crippen molar-refractivity contribution in [3.63, 3.8) is 0 Å². The number of nitrogens with zero attached hydrogens (tertiary/aromatic N) is 3. The molecule has 0 spiro atoms. The van der Waals surface area contributed by atoms with Crippen molar-refractivity contribution in [2.45, 2.75) is 46.0 Å². The van der Waals surface area contributed by atoms with Crippen molar-refractivity contribution in [1.82, 2.24) is 9.97 Å². The zero-order valence-corrected chi connectivity index (χ0v) is 17.4. The highest BCUT2D eigenvalue weighted by atomic mass is 16.5. The predicted molar refractivity (Wildman–Crippen MR) is 116 cm³/mol. The van der Waals surface area contributed by atoms with Gasteiger partial charge in [-0.15, -0.1) is 0 Å². The van der Waals surface area contributed by atoms with Crippen LogP contribution < -0.4 is 16.0 Å². The quantitative estimate of drug-likeness (QED) is 0.652. The van der Waals surface area contributed by atoms with Gasteiger partial charge in [0.1, 0.15) is 12.0 Å². The molecule has 2 heterocycles. The average molecular weight is 398 g/mol. The number of hydrogen-bond donors (Lipinski definition) is 2. The summed E-state index contributed by atoms with van der Waals surface area (Å²) in [5.41, 5.74) is 9.15. The molecular formula is C22H31N5O2. The number of rotatable bonds is 8. The summed E-state index contributed by atoms with van der Waals surface area (Å²) in [7, 11) is 0. The number of hydrogen-bond acceptors (Lipinski definition) is 7. The van der Waals surface area contributed by atoms with Gasteiger partial charge in [-0.2, -0.15) is 0 Å². The molecule has 7 nitrogen and oxygen atoms in total. The molecule has 0 bridgehead atoms. The van der Waals surface area contributed by atoms with Gasteiger partial charge >= 0.3 is 5.97 Å². The summed E-state index contributed by atoms with van der Waals surface area (Å²) in [6.45, 7) is 5.79. The van der Waals surface area contributed by atoms with Crippen molar-refractivity contribution >= 4 is 29.0 Å². The third-order valence-electron chi connectivity index (χ3n) is 5.24. The van der Waals surface area contributed by atoms with E-state index >= 15 is 0 Å². The number of carbonyl (C=O) groups is 1. The van der Waals surface area contributed by atoms with E-state index in [2.05, 4.69) is 39.2 Å². The molecule has 29 heavy (non-hydrogen) atoms. The summed E-state index contributed by atoms with van der Waals surface area (Å²) >= 11 is 0. The number of esters is 1. The molecule has 1 aromatic heterocycles. The molecule has 7 heteroatoms. The standard InChI is InChI=1S/C22H31N5O2/c1-3-5-7-16-9-11-18(12-10-16)26-20-19(23)21(25-15-24-20)27-13-6-8-17(14-27)22(28)29-4-2/h9-12,15,17H,3-8,13-14,23H2,1-2H3,(H,24,25,26). The number of piperidine rings is 1. The van der Waals surface area contributed by atoms with Crippen molar-refractivity contribution in [2.24, 2.45) is 5.92 Å². The van der Waals surface area contributed by atoms with Crippen LogP contribution in [0.15, 0.2) is 30.6 Å². The number of nitrogens with two attached hydrogens (primary N) is 1. The molecule has 1 aliphatic heterocycles. The topological polar surface area (TPSA) is 93.4 Å². The first-order chi connectivity index (χ1) is 14.1. The SMILES string of the molecule is CCCCc1ccc(Nc2ncnc(N3CCCC(C(=O)OCC)C3)c2N)cc1. The number of aryl methyl sites for hydroxylation is 1. The fourth-order valence-corrected chi connectivity index (χ4v) is 3.63. The molecule has 156 valence electrons. The molecule has 0 aliphatic carbocycles. The lowest BCUT2D eigenvalue weighted by Crippen LogP contribution is -2.40. The Morgan fingerprint density at radius 1 is 1.28 bits per heavy atom. The fraction of sp³-hybridized carbons (Fsp3) is 0.500. The minimum Gasteiger partial charge on any atom is -0.466 e. The van der Waals surface area contributed by atoms with Gasteiger partial charge in [-0.25, -0.2) is 9.97 Å². The van der Waals surface area contributed by atoms with Gasteiger partial charge in [0.15, 0.2) is 11.6 Å². The number of aromatic nitrogens is 2. The third-order valence-corrected chi connectivity index (χ3v) is 5.24. The second kappa shape index (κ2) is 10.1. The zero-order valence-electron chi connectivity index (χ0n) is 17.4. The summed E-state index contributed by atoms with van der Waals surface area (Å²) in [5.74, 6) is 0.946. The van der Waals surface area contributed by atoms with E-state index < -0.39 is 0 Å². The van der Waals surface area contributed by atoms with Crippen LogP contribution in [0, 0.1) is 5.92 Å². The summed E-state index contributed by atoms with van der Waals surface area (Å²) in [6.07, 6.45) is 6.71. The molecular weight excluding hydrogens is 366 g/mol. The lowest BCUT2D eigenvalue weighted by Gasteiger charge is -2.33. The maximum Gasteiger partial charge on any atom is 0.310 e. The monoisotopic (exact) mass is 397 g/mol. The molecule has 1 unspecified atom stereocenters. The van der Waals surface area contributed by atoms with Crippen molar-refractivity contribution < 1.29 is 9.53 Å². The number of carbonyl (C=O) groups excluding carboxylic acids is 1. The van der Waals surface area contributed by atoms with Gasteiger partial charge in [-0.1, -0.05) is 25.5 Å². The van der Waals surface area contributed by atoms with Crippen molar-refractivity contribution in [3.05, 3.63) is 36.2 Å². The van der Waals surface area contributed by atoms with Gasteiger partial charge < -0.3 is 20.7 Å². The van der Waals surface area contributed by atoms with Crippen molar-refractivity contribution in [3.8, 4) is 0 Å². The molecule has 1 fully saturated rings. The highest BCUT2D eigenvalue weighted by molar-refractivity contribution is 5.79. The maximum absolute atomic E-state index is 12.1. The van der Waals surface area contributed by atoms with Gasteiger partial charge in [-0.05, 0) is 50.3 Å². The van der Waals surface area contributed by atoms with Gasteiger partial charge in [0, 0.05) is 18.8 Å². The molecule has 0 amide bonds. The van der Waals surface area contributed by atoms with E-state index in [4.69, 9.17) is 10.5 Å². The number of nitrogens with one attached hydrogen (secondary N) is 1. The molecule has 2 aromatic rings. The number of ether oxygens (including phenoxy) is 1. The van der Waals surface area contributed by atoms with E-state index in [0.717, 1.165) is 31.5 Å². The Balaban J connectivity index is 1.71. The number of anilines is 4. The second-order valence-electron chi connectivity index (χ2n) is 7.42. The number of nitrogen functional groups attached to an aromatic ring is 1. The highest BCUT2D eigenvalue weighted by Crippen LogP contribution is 2.31. The molecule has 1 saturated heterocycles. The Morgan fingerprint density at radius 2 is 2.07 bits per heavy atom. The zero-order chi connectivity index (χ0) is 20.6. The first-order valence-electron chi connectivity index (χ1n) is 10.5. The van der Waals surface area contributed by atoms with Gasteiger partial charge in [-0.3, -0.25) is 4.79 Å². The van der Waals surface area contributed by atoms with Crippen molar-refractivity contribution in [1.29, 1.82) is 0 Å². The first kappa shape index (κ1) is 20.9. The number of unbranched alkanes of at least 4 members (excludes halogenated alkanes) is 1. The van der Waals surface area contributed by atoms with Gasteiger partial charge in [0.2, 0.25) is 0 Å². The van der Waals surface area contributed by atoms with Crippen LogP contribution in [0.4, 0.5) is 23.0 Å². The molecule has 1 aliphatic rings. The molecule has 3 N–H and O–H groups in total. The third kappa shape index (κ3) is 5.37.